The Morgan fingerprint density at radius 2 is 2.24 bits per heavy atom. The van der Waals surface area contributed by atoms with Gasteiger partial charge < -0.3 is 4.74 Å². The minimum atomic E-state index is -0.173. The number of rotatable bonds is 2. The third kappa shape index (κ3) is 1.93. The molecule has 1 heterocycles. The summed E-state index contributed by atoms with van der Waals surface area (Å²) in [6.45, 7) is 2.32. The lowest BCUT2D eigenvalue weighted by molar-refractivity contribution is 0.418. The van der Waals surface area contributed by atoms with Gasteiger partial charge in [-0.3, -0.25) is 9.36 Å². The second-order valence-electron chi connectivity index (χ2n) is 3.40. The lowest BCUT2D eigenvalue weighted by Gasteiger charge is -2.10. The molecule has 0 fully saturated rings. The van der Waals surface area contributed by atoms with E-state index in [2.05, 4.69) is 20.9 Å². The van der Waals surface area contributed by atoms with Gasteiger partial charge in [0, 0.05) is 11.0 Å². The molecule has 0 radical (unpaired) electrons. The molecule has 0 spiro atoms. The monoisotopic (exact) mass is 316 g/mol. The molecule has 0 unspecified atom stereocenters. The van der Waals surface area contributed by atoms with Crippen LogP contribution in [-0.4, -0.2) is 16.7 Å². The SMILES string of the molecule is CCn1c(Cl)nc2c(OC)ccc(Br)c2c1=O. The smallest absolute Gasteiger partial charge is 0.263 e. The average molecular weight is 318 g/mol. The predicted octanol–water partition coefficient (Wildman–Crippen LogP) is 2.84. The van der Waals surface area contributed by atoms with Gasteiger partial charge in [0.15, 0.2) is 0 Å². The molecule has 0 saturated carbocycles. The summed E-state index contributed by atoms with van der Waals surface area (Å²) in [5, 5.41) is 0.650. The van der Waals surface area contributed by atoms with Crippen molar-refractivity contribution < 1.29 is 4.74 Å². The van der Waals surface area contributed by atoms with E-state index in [1.54, 1.807) is 12.1 Å². The van der Waals surface area contributed by atoms with E-state index in [-0.39, 0.29) is 10.8 Å². The number of methoxy groups -OCH3 is 1. The minimum absolute atomic E-state index is 0.168. The van der Waals surface area contributed by atoms with Crippen LogP contribution in [0.25, 0.3) is 10.9 Å². The molecule has 2 rings (SSSR count). The molecular formula is C11H10BrClN2O2. The molecule has 0 saturated heterocycles. The zero-order valence-corrected chi connectivity index (χ0v) is 11.7. The molecular weight excluding hydrogens is 307 g/mol. The Morgan fingerprint density at radius 1 is 1.53 bits per heavy atom. The third-order valence-corrected chi connectivity index (χ3v) is 3.46. The number of nitrogens with zero attached hydrogens (tertiary/aromatic N) is 2. The number of hydrogen-bond acceptors (Lipinski definition) is 3. The summed E-state index contributed by atoms with van der Waals surface area (Å²) in [5.74, 6) is 0.533. The van der Waals surface area contributed by atoms with E-state index >= 15 is 0 Å². The Morgan fingerprint density at radius 3 is 2.82 bits per heavy atom. The number of aromatic nitrogens is 2. The van der Waals surface area contributed by atoms with Gasteiger partial charge in [-0.25, -0.2) is 4.98 Å². The molecule has 90 valence electrons. The van der Waals surface area contributed by atoms with Crippen molar-refractivity contribution in [1.29, 1.82) is 0 Å². The summed E-state index contributed by atoms with van der Waals surface area (Å²) in [4.78, 5) is 16.4. The number of benzene rings is 1. The first-order chi connectivity index (χ1) is 8.10. The minimum Gasteiger partial charge on any atom is -0.494 e. The van der Waals surface area contributed by atoms with Gasteiger partial charge in [-0.05, 0) is 46.6 Å². The van der Waals surface area contributed by atoms with Crippen LogP contribution in [0.3, 0.4) is 0 Å². The Hall–Kier alpha value is -1.07. The molecule has 0 atom stereocenters. The lowest BCUT2D eigenvalue weighted by Crippen LogP contribution is -2.21. The first kappa shape index (κ1) is 12.4. The van der Waals surface area contributed by atoms with Crippen LogP contribution in [0.15, 0.2) is 21.4 Å². The molecule has 0 aliphatic rings. The second kappa shape index (κ2) is 4.66. The molecule has 4 nitrogen and oxygen atoms in total. The van der Waals surface area contributed by atoms with E-state index in [1.807, 2.05) is 6.92 Å². The summed E-state index contributed by atoms with van der Waals surface area (Å²) in [7, 11) is 1.53. The maximum absolute atomic E-state index is 12.2. The van der Waals surface area contributed by atoms with E-state index in [4.69, 9.17) is 16.3 Å². The second-order valence-corrected chi connectivity index (χ2v) is 4.60. The highest BCUT2D eigenvalue weighted by Gasteiger charge is 2.14. The largest absolute Gasteiger partial charge is 0.494 e. The van der Waals surface area contributed by atoms with Crippen LogP contribution in [0.2, 0.25) is 5.28 Å². The van der Waals surface area contributed by atoms with Crippen molar-refractivity contribution in [3.05, 3.63) is 32.2 Å². The quantitative estimate of drug-likeness (QED) is 0.800. The van der Waals surface area contributed by atoms with Gasteiger partial charge in [-0.2, -0.15) is 0 Å². The van der Waals surface area contributed by atoms with Crippen molar-refractivity contribution in [3.63, 3.8) is 0 Å². The number of hydrogen-bond donors (Lipinski definition) is 0. The van der Waals surface area contributed by atoms with E-state index < -0.39 is 0 Å². The third-order valence-electron chi connectivity index (χ3n) is 2.51. The highest BCUT2D eigenvalue weighted by Crippen LogP contribution is 2.28. The molecule has 0 aliphatic carbocycles. The van der Waals surface area contributed by atoms with Gasteiger partial charge in [0.2, 0.25) is 5.28 Å². The number of fused-ring (bicyclic) bond motifs is 1. The molecule has 2 aromatic rings. The normalized spacial score (nSPS) is 10.8. The summed E-state index contributed by atoms with van der Waals surface area (Å²) in [6, 6.07) is 3.50. The van der Waals surface area contributed by atoms with Gasteiger partial charge in [0.1, 0.15) is 11.3 Å². The van der Waals surface area contributed by atoms with Gasteiger partial charge in [-0.15, -0.1) is 0 Å². The molecule has 0 N–H and O–H groups in total. The van der Waals surface area contributed by atoms with Crippen LogP contribution in [0, 0.1) is 0 Å². The van der Waals surface area contributed by atoms with Crippen LogP contribution in [0.4, 0.5) is 0 Å². The summed E-state index contributed by atoms with van der Waals surface area (Å²) < 4.78 is 7.27. The maximum Gasteiger partial charge on any atom is 0.263 e. The van der Waals surface area contributed by atoms with Crippen LogP contribution in [0.5, 0.6) is 5.75 Å². The molecule has 1 aromatic carbocycles. The fourth-order valence-electron chi connectivity index (χ4n) is 1.67. The number of halogens is 2. The maximum atomic E-state index is 12.2. The van der Waals surface area contributed by atoms with Crippen LogP contribution in [0.1, 0.15) is 6.92 Å². The van der Waals surface area contributed by atoms with Crippen LogP contribution in [-0.2, 0) is 6.54 Å². The van der Waals surface area contributed by atoms with Crippen molar-refractivity contribution >= 4 is 38.4 Å². The van der Waals surface area contributed by atoms with Crippen molar-refractivity contribution in [2.75, 3.05) is 7.11 Å². The summed E-state index contributed by atoms with van der Waals surface area (Å²) in [5.41, 5.74) is 0.301. The summed E-state index contributed by atoms with van der Waals surface area (Å²) >= 11 is 9.32. The summed E-state index contributed by atoms with van der Waals surface area (Å²) in [6.07, 6.45) is 0. The topological polar surface area (TPSA) is 44.1 Å². The molecule has 0 bridgehead atoms. The molecule has 17 heavy (non-hydrogen) atoms. The Bertz CT molecular complexity index is 639. The van der Waals surface area contributed by atoms with E-state index in [1.165, 1.54) is 11.7 Å². The van der Waals surface area contributed by atoms with Gasteiger partial charge in [0.25, 0.3) is 5.56 Å². The predicted molar refractivity (Wildman–Crippen MR) is 70.9 cm³/mol. The van der Waals surface area contributed by atoms with Crippen LogP contribution < -0.4 is 10.3 Å². The Labute approximate surface area is 111 Å². The van der Waals surface area contributed by atoms with Crippen molar-refractivity contribution in [2.45, 2.75) is 13.5 Å². The van der Waals surface area contributed by atoms with Gasteiger partial charge in [0.05, 0.1) is 12.5 Å². The Balaban J connectivity index is 3.00. The molecule has 6 heteroatoms. The Kier molecular flexibility index (Phi) is 3.40. The first-order valence-electron chi connectivity index (χ1n) is 5.02. The first-order valence-corrected chi connectivity index (χ1v) is 6.19. The molecule has 1 aromatic heterocycles. The number of ether oxygens (including phenoxy) is 1. The average Bonchev–Trinajstić information content (AvgIpc) is 2.29. The standard InChI is InChI=1S/C11H10BrClN2O2/c1-3-15-10(16)8-6(12)4-5-7(17-2)9(8)14-11(15)13/h4-5H,3H2,1-2H3. The van der Waals surface area contributed by atoms with Crippen molar-refractivity contribution in [1.82, 2.24) is 9.55 Å². The highest BCUT2D eigenvalue weighted by atomic mass is 79.9. The van der Waals surface area contributed by atoms with Crippen molar-refractivity contribution in [2.24, 2.45) is 0 Å². The van der Waals surface area contributed by atoms with E-state index in [0.29, 0.717) is 27.7 Å². The fraction of sp³-hybridized carbons (Fsp3) is 0.273. The van der Waals surface area contributed by atoms with Crippen LogP contribution >= 0.6 is 27.5 Å². The highest BCUT2D eigenvalue weighted by molar-refractivity contribution is 9.10. The van der Waals surface area contributed by atoms with E-state index in [9.17, 15) is 4.79 Å². The van der Waals surface area contributed by atoms with E-state index in [0.717, 1.165) is 0 Å². The zero-order valence-electron chi connectivity index (χ0n) is 9.33. The van der Waals surface area contributed by atoms with Gasteiger partial charge in [-0.1, -0.05) is 0 Å². The zero-order chi connectivity index (χ0) is 12.6. The lowest BCUT2D eigenvalue weighted by atomic mass is 10.2. The van der Waals surface area contributed by atoms with Crippen molar-refractivity contribution in [3.8, 4) is 5.75 Å². The fourth-order valence-corrected chi connectivity index (χ4v) is 2.44. The van der Waals surface area contributed by atoms with Gasteiger partial charge >= 0.3 is 0 Å². The molecule has 0 amide bonds. The molecule has 0 aliphatic heterocycles.